The second-order valence-electron chi connectivity index (χ2n) is 5.95. The number of hydrogen-bond acceptors (Lipinski definition) is 1. The molecule has 0 saturated heterocycles. The van der Waals surface area contributed by atoms with Crippen molar-refractivity contribution < 1.29 is 4.74 Å². The van der Waals surface area contributed by atoms with Gasteiger partial charge in [0.25, 0.3) is 0 Å². The molecule has 0 atom stereocenters. The van der Waals surface area contributed by atoms with E-state index in [1.165, 1.54) is 33.8 Å². The van der Waals surface area contributed by atoms with Crippen molar-refractivity contribution in [2.24, 2.45) is 0 Å². The Morgan fingerprint density at radius 1 is 0.955 bits per heavy atom. The summed E-state index contributed by atoms with van der Waals surface area (Å²) >= 11 is 0. The van der Waals surface area contributed by atoms with E-state index in [0.717, 1.165) is 18.8 Å². The maximum atomic E-state index is 5.26. The Bertz CT molecular complexity index is 837. The molecule has 0 aliphatic carbocycles. The lowest BCUT2D eigenvalue weighted by molar-refractivity contribution is 0.415. The Kier molecular flexibility index (Phi) is 2.89. The van der Waals surface area contributed by atoms with Crippen molar-refractivity contribution in [1.82, 2.24) is 9.13 Å². The quantitative estimate of drug-likeness (QED) is 0.690. The molecule has 0 radical (unpaired) electrons. The van der Waals surface area contributed by atoms with Crippen LogP contribution in [0.15, 0.2) is 42.6 Å². The molecule has 0 bridgehead atoms. The molecular weight excluding hydrogens is 272 g/mol. The highest BCUT2D eigenvalue weighted by Gasteiger charge is 2.22. The van der Waals surface area contributed by atoms with E-state index < -0.39 is 0 Å². The first-order valence-corrected chi connectivity index (χ1v) is 7.69. The van der Waals surface area contributed by atoms with Crippen LogP contribution in [0, 0.1) is 13.8 Å². The first-order chi connectivity index (χ1) is 10.7. The largest absolute Gasteiger partial charge is 0.497 e. The highest BCUT2D eigenvalue weighted by Crippen LogP contribution is 2.37. The number of hydrogen-bond donors (Lipinski definition) is 0. The average Bonchev–Trinajstić information content (AvgIpc) is 3.08. The van der Waals surface area contributed by atoms with Crippen LogP contribution in [-0.2, 0) is 13.1 Å². The molecule has 3 aromatic rings. The number of nitrogens with zero attached hydrogens (tertiary/aromatic N) is 2. The molecule has 0 amide bonds. The van der Waals surface area contributed by atoms with Gasteiger partial charge in [-0.2, -0.15) is 0 Å². The van der Waals surface area contributed by atoms with Crippen molar-refractivity contribution in [2.75, 3.05) is 7.11 Å². The summed E-state index contributed by atoms with van der Waals surface area (Å²) in [4.78, 5) is 0. The Morgan fingerprint density at radius 3 is 2.45 bits per heavy atom. The standard InChI is InChI=1S/C19H20N2O/c1-13-4-9-18-19-14(2)17(12-20(19)10-11-21(13)18)15-5-7-16(22-3)8-6-15/h4-9,12H,10-11H2,1-3H3. The molecule has 0 spiro atoms. The number of benzene rings is 1. The average molecular weight is 292 g/mol. The smallest absolute Gasteiger partial charge is 0.118 e. The first-order valence-electron chi connectivity index (χ1n) is 7.69. The van der Waals surface area contributed by atoms with Crippen LogP contribution in [0.2, 0.25) is 0 Å². The fourth-order valence-electron chi connectivity index (χ4n) is 3.52. The predicted octanol–water partition coefficient (Wildman–Crippen LogP) is 4.26. The summed E-state index contributed by atoms with van der Waals surface area (Å²) in [6, 6.07) is 12.8. The summed E-state index contributed by atoms with van der Waals surface area (Å²) in [6.07, 6.45) is 2.29. The molecule has 112 valence electrons. The van der Waals surface area contributed by atoms with Gasteiger partial charge in [-0.25, -0.2) is 0 Å². The maximum absolute atomic E-state index is 5.26. The number of rotatable bonds is 2. The van der Waals surface area contributed by atoms with E-state index in [2.05, 4.69) is 53.4 Å². The van der Waals surface area contributed by atoms with Gasteiger partial charge in [0, 0.05) is 30.5 Å². The lowest BCUT2D eigenvalue weighted by Gasteiger charge is -2.21. The molecule has 1 aliphatic rings. The van der Waals surface area contributed by atoms with E-state index in [0.29, 0.717) is 0 Å². The van der Waals surface area contributed by atoms with Crippen LogP contribution in [0.25, 0.3) is 22.5 Å². The SMILES string of the molecule is COc1ccc(-c2cn3c(c2C)-c2ccc(C)n2CC3)cc1. The van der Waals surface area contributed by atoms with Crippen molar-refractivity contribution >= 4 is 0 Å². The fourth-order valence-corrected chi connectivity index (χ4v) is 3.52. The molecule has 2 aromatic heterocycles. The number of aryl methyl sites for hydroxylation is 2. The molecule has 3 nitrogen and oxygen atoms in total. The van der Waals surface area contributed by atoms with Crippen molar-refractivity contribution in [1.29, 1.82) is 0 Å². The van der Waals surface area contributed by atoms with Crippen molar-refractivity contribution in [3.8, 4) is 28.3 Å². The summed E-state index contributed by atoms with van der Waals surface area (Å²) in [6.45, 7) is 6.50. The monoisotopic (exact) mass is 292 g/mol. The minimum Gasteiger partial charge on any atom is -0.497 e. The minimum atomic E-state index is 0.898. The maximum Gasteiger partial charge on any atom is 0.118 e. The summed E-state index contributed by atoms with van der Waals surface area (Å²) < 4.78 is 10.1. The number of methoxy groups -OCH3 is 1. The fraction of sp³-hybridized carbons (Fsp3) is 0.263. The molecule has 1 aliphatic heterocycles. The van der Waals surface area contributed by atoms with Crippen LogP contribution in [0.3, 0.4) is 0 Å². The van der Waals surface area contributed by atoms with Crippen LogP contribution in [0.1, 0.15) is 11.3 Å². The molecule has 3 heterocycles. The zero-order valence-electron chi connectivity index (χ0n) is 13.3. The second kappa shape index (κ2) is 4.80. The molecule has 3 heteroatoms. The molecule has 0 unspecified atom stereocenters. The molecule has 22 heavy (non-hydrogen) atoms. The molecule has 1 aromatic carbocycles. The topological polar surface area (TPSA) is 19.1 Å². The van der Waals surface area contributed by atoms with Gasteiger partial charge < -0.3 is 13.9 Å². The third-order valence-corrected chi connectivity index (χ3v) is 4.74. The minimum absolute atomic E-state index is 0.898. The van der Waals surface area contributed by atoms with Gasteiger partial charge in [0.1, 0.15) is 5.75 Å². The zero-order chi connectivity index (χ0) is 15.3. The number of ether oxygens (including phenoxy) is 1. The third-order valence-electron chi connectivity index (χ3n) is 4.74. The van der Waals surface area contributed by atoms with Crippen molar-refractivity contribution in [2.45, 2.75) is 26.9 Å². The van der Waals surface area contributed by atoms with Crippen LogP contribution in [0.4, 0.5) is 0 Å². The zero-order valence-corrected chi connectivity index (χ0v) is 13.3. The van der Waals surface area contributed by atoms with Gasteiger partial charge in [-0.3, -0.25) is 0 Å². The van der Waals surface area contributed by atoms with Crippen LogP contribution in [0.5, 0.6) is 5.75 Å². The van der Waals surface area contributed by atoms with Crippen LogP contribution in [-0.4, -0.2) is 16.2 Å². The van der Waals surface area contributed by atoms with Crippen molar-refractivity contribution in [3.63, 3.8) is 0 Å². The van der Waals surface area contributed by atoms with Gasteiger partial charge in [-0.05, 0) is 49.2 Å². The van der Waals surface area contributed by atoms with Gasteiger partial charge in [0.2, 0.25) is 0 Å². The number of fused-ring (bicyclic) bond motifs is 3. The second-order valence-corrected chi connectivity index (χ2v) is 5.95. The lowest BCUT2D eigenvalue weighted by Crippen LogP contribution is -2.16. The van der Waals surface area contributed by atoms with E-state index in [-0.39, 0.29) is 0 Å². The first kappa shape index (κ1) is 13.3. The lowest BCUT2D eigenvalue weighted by atomic mass is 10.0. The van der Waals surface area contributed by atoms with Gasteiger partial charge in [0.05, 0.1) is 18.5 Å². The van der Waals surface area contributed by atoms with Gasteiger partial charge in [-0.1, -0.05) is 12.1 Å². The Labute approximate surface area is 130 Å². The van der Waals surface area contributed by atoms with E-state index in [4.69, 9.17) is 4.74 Å². The van der Waals surface area contributed by atoms with E-state index >= 15 is 0 Å². The Hall–Kier alpha value is -2.42. The summed E-state index contributed by atoms with van der Waals surface area (Å²) in [5, 5.41) is 0. The summed E-state index contributed by atoms with van der Waals surface area (Å²) in [7, 11) is 1.70. The van der Waals surface area contributed by atoms with Crippen LogP contribution < -0.4 is 4.74 Å². The van der Waals surface area contributed by atoms with Crippen LogP contribution >= 0.6 is 0 Å². The molecule has 0 N–H and O–H groups in total. The third kappa shape index (κ3) is 1.82. The highest BCUT2D eigenvalue weighted by molar-refractivity contribution is 5.77. The normalized spacial score (nSPS) is 12.9. The van der Waals surface area contributed by atoms with Gasteiger partial charge in [-0.15, -0.1) is 0 Å². The highest BCUT2D eigenvalue weighted by atomic mass is 16.5. The number of aromatic nitrogens is 2. The molecule has 0 saturated carbocycles. The molecule has 0 fully saturated rings. The van der Waals surface area contributed by atoms with E-state index in [9.17, 15) is 0 Å². The molecular formula is C19H20N2O. The molecule has 4 rings (SSSR count). The van der Waals surface area contributed by atoms with E-state index in [1.807, 2.05) is 12.1 Å². The summed E-state index contributed by atoms with van der Waals surface area (Å²) in [5.41, 5.74) is 7.93. The Balaban J connectivity index is 1.86. The van der Waals surface area contributed by atoms with Gasteiger partial charge in [0.15, 0.2) is 0 Å². The summed E-state index contributed by atoms with van der Waals surface area (Å²) in [5.74, 6) is 0.898. The Morgan fingerprint density at radius 2 is 1.73 bits per heavy atom. The van der Waals surface area contributed by atoms with E-state index in [1.54, 1.807) is 7.11 Å². The van der Waals surface area contributed by atoms with Gasteiger partial charge >= 0.3 is 0 Å². The van der Waals surface area contributed by atoms with Crippen molar-refractivity contribution in [3.05, 3.63) is 53.9 Å². The predicted molar refractivity (Wildman–Crippen MR) is 89.3 cm³/mol.